The quantitative estimate of drug-likeness (QED) is 0.0146. The lowest BCUT2D eigenvalue weighted by Gasteiger charge is -2.41. The molecule has 0 aromatic heterocycles. The molecule has 0 radical (unpaired) electrons. The first-order valence-electron chi connectivity index (χ1n) is 25.8. The Labute approximate surface area is 393 Å². The Bertz CT molecular complexity index is 1280. The van der Waals surface area contributed by atoms with Crippen LogP contribution in [0.15, 0.2) is 36.5 Å². The third-order valence-corrected chi connectivity index (χ3v) is 12.9. The van der Waals surface area contributed by atoms with Crippen LogP contribution in [0.1, 0.15) is 219 Å². The molecule has 380 valence electrons. The summed E-state index contributed by atoms with van der Waals surface area (Å²) in [6.07, 6.45) is 34.8. The first kappa shape index (κ1) is 61.1. The maximum atomic E-state index is 12.8. The lowest BCUT2D eigenvalue weighted by atomic mass is 9.85. The number of ether oxygens (including phenoxy) is 2. The third-order valence-electron chi connectivity index (χ3n) is 12.0. The molecule has 13 nitrogen and oxygen atoms in total. The van der Waals surface area contributed by atoms with E-state index < -0.39 is 75.7 Å². The summed E-state index contributed by atoms with van der Waals surface area (Å²) in [5.41, 5.74) is 0. The van der Waals surface area contributed by atoms with Crippen molar-refractivity contribution in [3.63, 3.8) is 0 Å². The molecule has 14 heteroatoms. The minimum Gasteiger partial charge on any atom is -0.462 e. The van der Waals surface area contributed by atoms with Gasteiger partial charge < -0.3 is 39.9 Å². The second kappa shape index (κ2) is 41.1. The molecule has 0 aromatic rings. The predicted molar refractivity (Wildman–Crippen MR) is 258 cm³/mol. The highest BCUT2D eigenvalue weighted by molar-refractivity contribution is 7.47. The molecule has 0 aromatic carbocycles. The molecule has 6 N–H and O–H groups in total. The monoisotopic (exact) mass is 945 g/mol. The van der Waals surface area contributed by atoms with Crippen molar-refractivity contribution in [1.29, 1.82) is 0 Å². The zero-order valence-corrected chi connectivity index (χ0v) is 41.4. The minimum atomic E-state index is -5.12. The van der Waals surface area contributed by atoms with Gasteiger partial charge in [-0.1, -0.05) is 172 Å². The average molecular weight is 945 g/mol. The van der Waals surface area contributed by atoms with Gasteiger partial charge in [0.1, 0.15) is 43.2 Å². The molecule has 0 aliphatic heterocycles. The fourth-order valence-electron chi connectivity index (χ4n) is 7.78. The van der Waals surface area contributed by atoms with Gasteiger partial charge in [-0.2, -0.15) is 0 Å². The molecular formula is C51H93O13P. The Morgan fingerprint density at radius 3 is 1.28 bits per heavy atom. The normalized spacial score (nSPS) is 21.7. The number of esters is 2. The molecular weight excluding hydrogens is 852 g/mol. The Kier molecular flexibility index (Phi) is 38.6. The van der Waals surface area contributed by atoms with E-state index in [1.165, 1.54) is 103 Å². The number of rotatable bonds is 43. The largest absolute Gasteiger partial charge is 0.472 e. The maximum absolute atomic E-state index is 12.8. The summed E-state index contributed by atoms with van der Waals surface area (Å²) in [4.78, 5) is 35.8. The Hall–Kier alpha value is -1.93. The van der Waals surface area contributed by atoms with Crippen LogP contribution in [0.4, 0.5) is 0 Å². The van der Waals surface area contributed by atoms with Gasteiger partial charge in [0.05, 0.1) is 6.61 Å². The number of phosphoric acid groups is 1. The molecule has 6 atom stereocenters. The first-order chi connectivity index (χ1) is 31.4. The van der Waals surface area contributed by atoms with Gasteiger partial charge in [0.25, 0.3) is 0 Å². The fourth-order valence-corrected chi connectivity index (χ4v) is 8.76. The molecule has 1 rings (SSSR count). The van der Waals surface area contributed by atoms with Gasteiger partial charge >= 0.3 is 19.8 Å². The number of carbonyl (C=O) groups excluding carboxylic acids is 2. The summed E-state index contributed by atoms with van der Waals surface area (Å²) in [6, 6.07) is 0. The van der Waals surface area contributed by atoms with Crippen molar-refractivity contribution in [2.45, 2.75) is 262 Å². The van der Waals surface area contributed by atoms with Gasteiger partial charge in [0, 0.05) is 12.8 Å². The van der Waals surface area contributed by atoms with E-state index in [1.807, 2.05) is 0 Å². The van der Waals surface area contributed by atoms with Crippen LogP contribution < -0.4 is 0 Å². The van der Waals surface area contributed by atoms with E-state index >= 15 is 0 Å². The van der Waals surface area contributed by atoms with Gasteiger partial charge in [-0.3, -0.25) is 18.6 Å². The highest BCUT2D eigenvalue weighted by Crippen LogP contribution is 2.47. The summed E-state index contributed by atoms with van der Waals surface area (Å²) in [5.74, 6) is -1.11. The zero-order chi connectivity index (χ0) is 47.8. The molecule has 1 fully saturated rings. The molecule has 0 saturated heterocycles. The lowest BCUT2D eigenvalue weighted by Crippen LogP contribution is -2.64. The van der Waals surface area contributed by atoms with Crippen LogP contribution >= 0.6 is 7.82 Å². The van der Waals surface area contributed by atoms with E-state index in [0.717, 1.165) is 77.0 Å². The Morgan fingerprint density at radius 2 is 0.831 bits per heavy atom. The smallest absolute Gasteiger partial charge is 0.462 e. The van der Waals surface area contributed by atoms with Crippen LogP contribution in [-0.4, -0.2) is 98.3 Å². The highest BCUT2D eigenvalue weighted by atomic mass is 31.2. The molecule has 6 unspecified atom stereocenters. The van der Waals surface area contributed by atoms with Crippen molar-refractivity contribution in [3.8, 4) is 0 Å². The van der Waals surface area contributed by atoms with E-state index in [0.29, 0.717) is 12.8 Å². The first-order valence-corrected chi connectivity index (χ1v) is 27.3. The zero-order valence-electron chi connectivity index (χ0n) is 40.5. The highest BCUT2D eigenvalue weighted by Gasteiger charge is 2.51. The van der Waals surface area contributed by atoms with E-state index in [1.54, 1.807) is 0 Å². The molecule has 65 heavy (non-hydrogen) atoms. The average Bonchev–Trinajstić information content (AvgIpc) is 3.29. The number of aliphatic hydroxyl groups excluding tert-OH is 5. The van der Waals surface area contributed by atoms with Crippen LogP contribution in [-0.2, 0) is 32.7 Å². The SMILES string of the molecule is CCCCCC/C=C\CCCCCCCC(=O)OCC(COP(=O)(O)OC1C(O)C(O)C(O)C(O)C1O)OC(=O)CCCCCCCCCCCCC/C=C\C/C=C\CCCCCCC. The van der Waals surface area contributed by atoms with Crippen molar-refractivity contribution in [1.82, 2.24) is 0 Å². The number of hydrogen-bond acceptors (Lipinski definition) is 12. The van der Waals surface area contributed by atoms with E-state index in [4.69, 9.17) is 18.5 Å². The van der Waals surface area contributed by atoms with Crippen LogP contribution in [0.2, 0.25) is 0 Å². The van der Waals surface area contributed by atoms with Crippen molar-refractivity contribution < 1.29 is 63.1 Å². The predicted octanol–water partition coefficient (Wildman–Crippen LogP) is 11.0. The molecule has 1 saturated carbocycles. The number of aliphatic hydroxyl groups is 5. The fraction of sp³-hybridized carbons (Fsp3) is 0.843. The van der Waals surface area contributed by atoms with Crippen LogP contribution in [0, 0.1) is 0 Å². The summed E-state index contributed by atoms with van der Waals surface area (Å²) in [6.45, 7) is 3.28. The summed E-state index contributed by atoms with van der Waals surface area (Å²) < 4.78 is 33.6. The second-order valence-electron chi connectivity index (χ2n) is 18.0. The van der Waals surface area contributed by atoms with Gasteiger partial charge in [0.15, 0.2) is 6.10 Å². The molecule has 1 aliphatic carbocycles. The minimum absolute atomic E-state index is 0.0934. The van der Waals surface area contributed by atoms with Gasteiger partial charge in [-0.05, 0) is 70.6 Å². The van der Waals surface area contributed by atoms with Crippen LogP contribution in [0.5, 0.6) is 0 Å². The number of hydrogen-bond donors (Lipinski definition) is 6. The summed E-state index contributed by atoms with van der Waals surface area (Å²) in [5, 5.41) is 50.2. The van der Waals surface area contributed by atoms with E-state index in [-0.39, 0.29) is 12.8 Å². The number of unbranched alkanes of at least 4 members (excludes halogenated alkanes) is 25. The van der Waals surface area contributed by atoms with Gasteiger partial charge in [-0.15, -0.1) is 0 Å². The topological polar surface area (TPSA) is 210 Å². The standard InChI is InChI=1S/C51H93O13P/c1-3-5-7-9-11-13-15-17-18-19-20-21-22-23-24-25-26-28-30-32-34-36-38-40-45(53)63-43(42-62-65(59,60)64-51-49(57)47(55)46(54)48(56)50(51)58)41-61-44(52)39-37-35-33-31-29-27-16-14-12-10-8-6-4-2/h14-17,19-20,43,46-51,54-58H,3-13,18,21-42H2,1-2H3,(H,59,60)/b16-14-,17-15-,20-19-. The number of carbonyl (C=O) groups is 2. The van der Waals surface area contributed by atoms with Crippen molar-refractivity contribution in [2.75, 3.05) is 13.2 Å². The van der Waals surface area contributed by atoms with Gasteiger partial charge in [-0.25, -0.2) is 4.57 Å². The number of phosphoric ester groups is 1. The van der Waals surface area contributed by atoms with Crippen molar-refractivity contribution in [2.24, 2.45) is 0 Å². The second-order valence-corrected chi connectivity index (χ2v) is 19.4. The van der Waals surface area contributed by atoms with E-state index in [9.17, 15) is 44.6 Å². The molecule has 0 bridgehead atoms. The Morgan fingerprint density at radius 1 is 0.477 bits per heavy atom. The van der Waals surface area contributed by atoms with Crippen LogP contribution in [0.25, 0.3) is 0 Å². The third kappa shape index (κ3) is 33.3. The van der Waals surface area contributed by atoms with Crippen molar-refractivity contribution in [3.05, 3.63) is 36.5 Å². The maximum Gasteiger partial charge on any atom is 0.472 e. The Balaban J connectivity index is 2.37. The number of allylic oxidation sites excluding steroid dienone is 6. The van der Waals surface area contributed by atoms with Gasteiger partial charge in [0.2, 0.25) is 0 Å². The van der Waals surface area contributed by atoms with Crippen LogP contribution in [0.3, 0.4) is 0 Å². The lowest BCUT2D eigenvalue weighted by molar-refractivity contribution is -0.220. The molecule has 0 spiro atoms. The molecule has 1 aliphatic rings. The molecule has 0 amide bonds. The summed E-state index contributed by atoms with van der Waals surface area (Å²) >= 11 is 0. The van der Waals surface area contributed by atoms with Crippen molar-refractivity contribution >= 4 is 19.8 Å². The van der Waals surface area contributed by atoms with E-state index in [2.05, 4.69) is 50.3 Å². The summed E-state index contributed by atoms with van der Waals surface area (Å²) in [7, 11) is -5.12. The molecule has 0 heterocycles.